The van der Waals surface area contributed by atoms with E-state index >= 15 is 0 Å². The molecule has 8 heteroatoms. The van der Waals surface area contributed by atoms with Crippen molar-refractivity contribution in [2.24, 2.45) is 11.8 Å². The fraction of sp³-hybridized carbons (Fsp3) is 0.870. The fourth-order valence-corrected chi connectivity index (χ4v) is 4.98. The van der Waals surface area contributed by atoms with Gasteiger partial charge >= 0.3 is 5.97 Å². The first-order chi connectivity index (χ1) is 14.7. The number of esters is 1. The summed E-state index contributed by atoms with van der Waals surface area (Å²) in [4.78, 5) is 40.6. The zero-order valence-electron chi connectivity index (χ0n) is 19.2. The number of piperidine rings is 1. The highest BCUT2D eigenvalue weighted by atomic mass is 16.7. The second kappa shape index (κ2) is 9.96. The van der Waals surface area contributed by atoms with Crippen molar-refractivity contribution in [2.45, 2.75) is 102 Å². The molecule has 3 aliphatic heterocycles. The predicted molar refractivity (Wildman–Crippen MR) is 112 cm³/mol. The molecule has 0 unspecified atom stereocenters. The third kappa shape index (κ3) is 4.96. The summed E-state index contributed by atoms with van der Waals surface area (Å²) in [7, 11) is 1.60. The Bertz CT molecular complexity index is 683. The van der Waals surface area contributed by atoms with Gasteiger partial charge in [-0.05, 0) is 51.4 Å². The SMILES string of the molecule is CO[C@H]1C[C@@H](C)[C@@]2(O)O[C@@H]1CCCC[C@@H](C)[C@H](C)OC(=O)[C@@H]1CCCCN1C(=O)C2=O. The van der Waals surface area contributed by atoms with E-state index in [0.717, 1.165) is 25.7 Å². The fourth-order valence-electron chi connectivity index (χ4n) is 4.98. The van der Waals surface area contributed by atoms with E-state index in [9.17, 15) is 19.5 Å². The van der Waals surface area contributed by atoms with Gasteiger partial charge < -0.3 is 24.2 Å². The van der Waals surface area contributed by atoms with Crippen molar-refractivity contribution in [3.63, 3.8) is 0 Å². The molecular formula is C23H37NO7. The Morgan fingerprint density at radius 3 is 2.42 bits per heavy atom. The molecule has 0 saturated carbocycles. The molecule has 1 N–H and O–H groups in total. The molecule has 0 spiro atoms. The number of fused-ring (bicyclic) bond motifs is 3. The molecule has 3 heterocycles. The van der Waals surface area contributed by atoms with Crippen molar-refractivity contribution in [1.82, 2.24) is 4.90 Å². The average Bonchev–Trinajstić information content (AvgIpc) is 2.76. The zero-order chi connectivity index (χ0) is 22.8. The third-order valence-corrected chi connectivity index (χ3v) is 7.36. The monoisotopic (exact) mass is 439 g/mol. The van der Waals surface area contributed by atoms with Crippen molar-refractivity contribution in [3.05, 3.63) is 0 Å². The molecular weight excluding hydrogens is 402 g/mol. The van der Waals surface area contributed by atoms with Gasteiger partial charge in [-0.3, -0.25) is 9.59 Å². The van der Waals surface area contributed by atoms with Crippen LogP contribution >= 0.6 is 0 Å². The van der Waals surface area contributed by atoms with Crippen LogP contribution in [0.4, 0.5) is 0 Å². The topological polar surface area (TPSA) is 102 Å². The number of amides is 1. The lowest BCUT2D eigenvalue weighted by atomic mass is 9.83. The molecule has 3 aliphatic rings. The number of nitrogens with zero attached hydrogens (tertiary/aromatic N) is 1. The number of ether oxygens (including phenoxy) is 3. The van der Waals surface area contributed by atoms with E-state index in [-0.39, 0.29) is 24.7 Å². The van der Waals surface area contributed by atoms with Gasteiger partial charge in [0.25, 0.3) is 11.7 Å². The summed E-state index contributed by atoms with van der Waals surface area (Å²) in [5.74, 6) is -5.01. The predicted octanol–water partition coefficient (Wildman–Crippen LogP) is 2.21. The van der Waals surface area contributed by atoms with Crippen LogP contribution in [-0.4, -0.2) is 71.5 Å². The summed E-state index contributed by atoms with van der Waals surface area (Å²) >= 11 is 0. The Labute approximate surface area is 184 Å². The molecule has 2 bridgehead atoms. The minimum absolute atomic E-state index is 0.172. The Hall–Kier alpha value is -1.51. The standard InChI is InChI=1S/C23H37NO7/c1-14-9-5-6-11-18-19(29-4)13-15(2)23(28,31-18)20(25)21(26)24-12-8-7-10-17(24)22(27)30-16(14)3/h14-19,28H,5-13H2,1-4H3/t14-,15-,16+,17+,18-,19+,23-/m1/s1. The number of rotatable bonds is 1. The smallest absolute Gasteiger partial charge is 0.329 e. The van der Waals surface area contributed by atoms with Gasteiger partial charge in [-0.25, -0.2) is 4.79 Å². The molecule has 0 aromatic heterocycles. The van der Waals surface area contributed by atoms with Gasteiger partial charge in [0.1, 0.15) is 12.1 Å². The number of methoxy groups -OCH3 is 1. The number of hydrogen-bond acceptors (Lipinski definition) is 7. The van der Waals surface area contributed by atoms with Crippen LogP contribution < -0.4 is 0 Å². The highest BCUT2D eigenvalue weighted by Crippen LogP contribution is 2.37. The van der Waals surface area contributed by atoms with Crippen LogP contribution in [-0.2, 0) is 28.6 Å². The molecule has 0 aliphatic carbocycles. The van der Waals surface area contributed by atoms with E-state index in [0.29, 0.717) is 25.7 Å². The summed E-state index contributed by atoms with van der Waals surface area (Å²) < 4.78 is 17.2. The molecule has 31 heavy (non-hydrogen) atoms. The number of ketones is 1. The summed E-state index contributed by atoms with van der Waals surface area (Å²) in [5, 5.41) is 11.2. The largest absolute Gasteiger partial charge is 0.461 e. The Balaban J connectivity index is 1.92. The maximum Gasteiger partial charge on any atom is 0.329 e. The van der Waals surface area contributed by atoms with Gasteiger partial charge in [0.2, 0.25) is 5.79 Å². The Morgan fingerprint density at radius 2 is 1.71 bits per heavy atom. The van der Waals surface area contributed by atoms with Crippen LogP contribution in [0.15, 0.2) is 0 Å². The number of Topliss-reactive ketones (excluding diaryl/α,β-unsaturated/α-hetero) is 1. The van der Waals surface area contributed by atoms with Crippen molar-refractivity contribution in [3.8, 4) is 0 Å². The zero-order valence-corrected chi connectivity index (χ0v) is 19.2. The number of carbonyl (C=O) groups is 3. The maximum absolute atomic E-state index is 13.2. The van der Waals surface area contributed by atoms with E-state index in [1.54, 1.807) is 14.0 Å². The number of hydrogen-bond donors (Lipinski definition) is 1. The molecule has 0 aromatic carbocycles. The highest BCUT2D eigenvalue weighted by molar-refractivity contribution is 6.39. The summed E-state index contributed by atoms with van der Waals surface area (Å²) in [6.45, 7) is 5.90. The minimum Gasteiger partial charge on any atom is -0.461 e. The molecule has 3 saturated heterocycles. The summed E-state index contributed by atoms with van der Waals surface area (Å²) in [5.41, 5.74) is 0. The van der Waals surface area contributed by atoms with Crippen LogP contribution in [0.25, 0.3) is 0 Å². The van der Waals surface area contributed by atoms with Gasteiger partial charge in [-0.2, -0.15) is 0 Å². The lowest BCUT2D eigenvalue weighted by Gasteiger charge is -2.45. The number of aliphatic hydroxyl groups is 1. The van der Waals surface area contributed by atoms with Gasteiger partial charge in [0, 0.05) is 19.6 Å². The van der Waals surface area contributed by atoms with Crippen LogP contribution in [0.3, 0.4) is 0 Å². The second-order valence-electron chi connectivity index (χ2n) is 9.51. The van der Waals surface area contributed by atoms with Crippen LogP contribution in [0, 0.1) is 11.8 Å². The molecule has 3 fully saturated rings. The Morgan fingerprint density at radius 1 is 1.03 bits per heavy atom. The third-order valence-electron chi connectivity index (χ3n) is 7.36. The van der Waals surface area contributed by atoms with E-state index in [1.807, 2.05) is 6.92 Å². The number of cyclic esters (lactones) is 1. The summed E-state index contributed by atoms with van der Waals surface area (Å²) in [6, 6.07) is -0.810. The van der Waals surface area contributed by atoms with Crippen molar-refractivity contribution < 1.29 is 33.7 Å². The number of carbonyl (C=O) groups excluding carboxylic acids is 3. The molecule has 3 rings (SSSR count). The second-order valence-corrected chi connectivity index (χ2v) is 9.51. The average molecular weight is 440 g/mol. The van der Waals surface area contributed by atoms with E-state index in [2.05, 4.69) is 6.92 Å². The van der Waals surface area contributed by atoms with Crippen LogP contribution in [0.1, 0.15) is 72.1 Å². The van der Waals surface area contributed by atoms with E-state index in [1.165, 1.54) is 4.90 Å². The molecule has 0 aromatic rings. The van der Waals surface area contributed by atoms with Crippen LogP contribution in [0.2, 0.25) is 0 Å². The quantitative estimate of drug-likeness (QED) is 0.494. The normalized spacial score (nSPS) is 41.1. The molecule has 176 valence electrons. The van der Waals surface area contributed by atoms with E-state index in [4.69, 9.17) is 14.2 Å². The van der Waals surface area contributed by atoms with Crippen LogP contribution in [0.5, 0.6) is 0 Å². The molecule has 0 radical (unpaired) electrons. The van der Waals surface area contributed by atoms with Gasteiger partial charge in [0.05, 0.1) is 12.2 Å². The van der Waals surface area contributed by atoms with Gasteiger partial charge in [-0.15, -0.1) is 0 Å². The lowest BCUT2D eigenvalue weighted by molar-refractivity contribution is -0.286. The first-order valence-electron chi connectivity index (χ1n) is 11.7. The van der Waals surface area contributed by atoms with Crippen molar-refractivity contribution >= 4 is 17.7 Å². The maximum atomic E-state index is 13.2. The van der Waals surface area contributed by atoms with Gasteiger partial charge in [0.15, 0.2) is 0 Å². The Kier molecular flexibility index (Phi) is 7.76. The summed E-state index contributed by atoms with van der Waals surface area (Å²) in [6.07, 6.45) is 4.53. The van der Waals surface area contributed by atoms with Gasteiger partial charge in [-0.1, -0.05) is 26.7 Å². The van der Waals surface area contributed by atoms with E-state index < -0.39 is 41.5 Å². The van der Waals surface area contributed by atoms with Crippen molar-refractivity contribution in [1.29, 1.82) is 0 Å². The molecule has 1 amide bonds. The minimum atomic E-state index is -2.22. The first-order valence-corrected chi connectivity index (χ1v) is 11.7. The molecule has 7 atom stereocenters. The van der Waals surface area contributed by atoms with Crippen molar-refractivity contribution in [2.75, 3.05) is 13.7 Å². The molecule has 8 nitrogen and oxygen atoms in total. The highest BCUT2D eigenvalue weighted by Gasteiger charge is 2.55. The first kappa shape index (κ1) is 24.1. The lowest BCUT2D eigenvalue weighted by Crippen LogP contribution is -2.62.